The van der Waals surface area contributed by atoms with E-state index in [1.54, 1.807) is 12.1 Å². The summed E-state index contributed by atoms with van der Waals surface area (Å²) in [4.78, 5) is 35.9. The molecule has 1 aliphatic heterocycles. The van der Waals surface area contributed by atoms with Crippen molar-refractivity contribution in [3.8, 4) is 0 Å². The fraction of sp³-hybridized carbons (Fsp3) is 0.500. The van der Waals surface area contributed by atoms with Gasteiger partial charge in [0.2, 0.25) is 5.91 Å². The van der Waals surface area contributed by atoms with Crippen molar-refractivity contribution in [2.45, 2.75) is 44.3 Å². The number of amides is 4. The van der Waals surface area contributed by atoms with Gasteiger partial charge in [-0.1, -0.05) is 25.0 Å². The highest BCUT2D eigenvalue weighted by Crippen LogP contribution is 2.42. The van der Waals surface area contributed by atoms with Crippen LogP contribution in [0, 0.1) is 11.8 Å². The largest absolute Gasteiger partial charge is 0.392 e. The van der Waals surface area contributed by atoms with Crippen LogP contribution in [-0.4, -0.2) is 24.0 Å². The van der Waals surface area contributed by atoms with Gasteiger partial charge >= 0.3 is 12.2 Å². The van der Waals surface area contributed by atoms with Crippen LogP contribution in [-0.2, 0) is 15.1 Å². The smallest absolute Gasteiger partial charge is 0.326 e. The van der Waals surface area contributed by atoms with E-state index in [1.807, 2.05) is 0 Å². The number of carbonyl (C=O) groups excluding carboxylic acids is 3. The molecule has 1 aromatic rings. The molecule has 1 aromatic carbocycles. The van der Waals surface area contributed by atoms with Crippen molar-refractivity contribution in [1.82, 2.24) is 10.6 Å². The van der Waals surface area contributed by atoms with Gasteiger partial charge in [-0.15, -0.1) is 0 Å². The van der Waals surface area contributed by atoms with Crippen molar-refractivity contribution in [1.29, 1.82) is 0 Å². The second-order valence-electron chi connectivity index (χ2n) is 7.14. The average Bonchev–Trinajstić information content (AvgIpc) is 2.87. The van der Waals surface area contributed by atoms with Crippen LogP contribution in [0.2, 0.25) is 0 Å². The molecule has 2 aliphatic rings. The Morgan fingerprint density at radius 2 is 1.93 bits per heavy atom. The van der Waals surface area contributed by atoms with Crippen molar-refractivity contribution < 1.29 is 27.6 Å². The molecule has 3 rings (SSSR count). The molecule has 0 spiro atoms. The van der Waals surface area contributed by atoms with Crippen LogP contribution >= 0.6 is 0 Å². The molecular formula is C18H20F3N3O3. The third-order valence-corrected chi connectivity index (χ3v) is 5.28. The Balaban J connectivity index is 1.79. The fourth-order valence-corrected chi connectivity index (χ4v) is 3.73. The first kappa shape index (κ1) is 19.2. The van der Waals surface area contributed by atoms with Crippen LogP contribution in [0.5, 0.6) is 0 Å². The van der Waals surface area contributed by atoms with Crippen LogP contribution in [0.3, 0.4) is 0 Å². The molecule has 1 aliphatic carbocycles. The summed E-state index contributed by atoms with van der Waals surface area (Å²) in [6, 6.07) is 5.54. The van der Waals surface area contributed by atoms with Crippen molar-refractivity contribution in [2.75, 3.05) is 5.32 Å². The van der Waals surface area contributed by atoms with E-state index in [0.717, 1.165) is 0 Å². The van der Waals surface area contributed by atoms with Crippen LogP contribution in [0.1, 0.15) is 38.2 Å². The monoisotopic (exact) mass is 383 g/mol. The number of carbonyl (C=O) groups is 3. The molecule has 6 nitrogen and oxygen atoms in total. The topological polar surface area (TPSA) is 87.3 Å². The lowest BCUT2D eigenvalue weighted by Gasteiger charge is -2.32. The zero-order valence-electron chi connectivity index (χ0n) is 14.7. The molecule has 146 valence electrons. The zero-order valence-corrected chi connectivity index (χ0v) is 14.7. The maximum Gasteiger partial charge on any atom is 0.392 e. The van der Waals surface area contributed by atoms with Gasteiger partial charge in [-0.2, -0.15) is 13.2 Å². The summed E-state index contributed by atoms with van der Waals surface area (Å²) in [6.45, 7) is 1.51. The van der Waals surface area contributed by atoms with Crippen LogP contribution < -0.4 is 16.0 Å². The molecule has 3 atom stereocenters. The number of alkyl halides is 3. The highest BCUT2D eigenvalue weighted by molar-refractivity contribution is 6.07. The number of hydrogen-bond donors (Lipinski definition) is 3. The first-order chi connectivity index (χ1) is 12.6. The van der Waals surface area contributed by atoms with Crippen molar-refractivity contribution in [3.05, 3.63) is 29.8 Å². The lowest BCUT2D eigenvalue weighted by molar-refractivity contribution is -0.197. The van der Waals surface area contributed by atoms with Gasteiger partial charge in [-0.05, 0) is 37.5 Å². The number of benzene rings is 1. The summed E-state index contributed by atoms with van der Waals surface area (Å²) in [7, 11) is 0. The molecule has 3 N–H and O–H groups in total. The number of rotatable bonds is 3. The molecule has 1 heterocycles. The van der Waals surface area contributed by atoms with E-state index in [-0.39, 0.29) is 18.5 Å². The minimum Gasteiger partial charge on any atom is -0.326 e. The van der Waals surface area contributed by atoms with E-state index in [9.17, 15) is 27.6 Å². The third-order valence-electron chi connectivity index (χ3n) is 5.28. The maximum atomic E-state index is 13.2. The van der Waals surface area contributed by atoms with Crippen LogP contribution in [0.25, 0.3) is 0 Å². The molecule has 3 unspecified atom stereocenters. The summed E-state index contributed by atoms with van der Waals surface area (Å²) in [5, 5.41) is 7.18. The first-order valence-electron chi connectivity index (χ1n) is 8.73. The molecule has 1 saturated carbocycles. The van der Waals surface area contributed by atoms with Gasteiger partial charge < -0.3 is 10.6 Å². The predicted octanol–water partition coefficient (Wildman–Crippen LogP) is 3.05. The SMILES string of the molecule is CC1(c2cccc(NC(=O)C3CCCCC3C(F)(F)F)c2)NC(=O)NC1=O. The van der Waals surface area contributed by atoms with E-state index in [1.165, 1.54) is 19.1 Å². The van der Waals surface area contributed by atoms with Gasteiger partial charge in [0, 0.05) is 11.6 Å². The lowest BCUT2D eigenvalue weighted by atomic mass is 9.78. The normalized spacial score (nSPS) is 28.4. The summed E-state index contributed by atoms with van der Waals surface area (Å²) < 4.78 is 39.7. The summed E-state index contributed by atoms with van der Waals surface area (Å²) in [5.41, 5.74) is -0.615. The quantitative estimate of drug-likeness (QED) is 0.701. The van der Waals surface area contributed by atoms with Gasteiger partial charge in [-0.3, -0.25) is 14.9 Å². The second kappa shape index (κ2) is 6.86. The average molecular weight is 383 g/mol. The predicted molar refractivity (Wildman–Crippen MR) is 90.6 cm³/mol. The van der Waals surface area contributed by atoms with E-state index in [2.05, 4.69) is 16.0 Å². The number of hydrogen-bond acceptors (Lipinski definition) is 3. The minimum absolute atomic E-state index is 0.0497. The molecule has 2 fully saturated rings. The Hall–Kier alpha value is -2.58. The lowest BCUT2D eigenvalue weighted by Crippen LogP contribution is -2.41. The Labute approximate surface area is 153 Å². The van der Waals surface area contributed by atoms with Crippen LogP contribution in [0.15, 0.2) is 24.3 Å². The summed E-state index contributed by atoms with van der Waals surface area (Å²) >= 11 is 0. The molecule has 0 aromatic heterocycles. The molecule has 27 heavy (non-hydrogen) atoms. The highest BCUT2D eigenvalue weighted by atomic mass is 19.4. The Bertz CT molecular complexity index is 781. The van der Waals surface area contributed by atoms with Crippen molar-refractivity contribution in [3.63, 3.8) is 0 Å². The van der Waals surface area contributed by atoms with E-state index in [4.69, 9.17) is 0 Å². The standard InChI is InChI=1S/C18H20F3N3O3/c1-17(15(26)23-16(27)24-17)10-5-4-6-11(9-10)22-14(25)12-7-2-3-8-13(12)18(19,20)21/h4-6,9,12-13H,2-3,7-8H2,1H3,(H,22,25)(H2,23,24,26,27). The molecular weight excluding hydrogens is 363 g/mol. The number of halogens is 3. The minimum atomic E-state index is -4.41. The van der Waals surface area contributed by atoms with Crippen molar-refractivity contribution >= 4 is 23.5 Å². The Kier molecular flexibility index (Phi) is 4.88. The highest BCUT2D eigenvalue weighted by Gasteiger charge is 2.48. The third kappa shape index (κ3) is 3.77. The van der Waals surface area contributed by atoms with Gasteiger partial charge in [0.05, 0.1) is 5.92 Å². The van der Waals surface area contributed by atoms with Gasteiger partial charge in [0.1, 0.15) is 5.54 Å². The van der Waals surface area contributed by atoms with Gasteiger partial charge in [-0.25, -0.2) is 4.79 Å². The molecule has 1 saturated heterocycles. The van der Waals surface area contributed by atoms with E-state index >= 15 is 0 Å². The second-order valence-corrected chi connectivity index (χ2v) is 7.14. The van der Waals surface area contributed by atoms with E-state index in [0.29, 0.717) is 18.4 Å². The first-order valence-corrected chi connectivity index (χ1v) is 8.73. The molecule has 0 bridgehead atoms. The Morgan fingerprint density at radius 1 is 1.22 bits per heavy atom. The van der Waals surface area contributed by atoms with Gasteiger partial charge in [0.25, 0.3) is 5.91 Å². The summed E-state index contributed by atoms with van der Waals surface area (Å²) in [5.74, 6) is -4.00. The molecule has 0 radical (unpaired) electrons. The number of urea groups is 1. The Morgan fingerprint density at radius 3 is 2.56 bits per heavy atom. The van der Waals surface area contributed by atoms with E-state index < -0.39 is 41.4 Å². The number of imide groups is 1. The fourth-order valence-electron chi connectivity index (χ4n) is 3.73. The van der Waals surface area contributed by atoms with Gasteiger partial charge in [0.15, 0.2) is 0 Å². The molecule has 9 heteroatoms. The zero-order chi connectivity index (χ0) is 19.8. The number of nitrogens with one attached hydrogen (secondary N) is 3. The van der Waals surface area contributed by atoms with Crippen LogP contribution in [0.4, 0.5) is 23.7 Å². The maximum absolute atomic E-state index is 13.2. The van der Waals surface area contributed by atoms with Crippen molar-refractivity contribution in [2.24, 2.45) is 11.8 Å². The number of anilines is 1. The molecule has 4 amide bonds. The summed E-state index contributed by atoms with van der Waals surface area (Å²) in [6.07, 6.45) is -3.24.